The van der Waals surface area contributed by atoms with Gasteiger partial charge in [-0.25, -0.2) is 0 Å². The van der Waals surface area contributed by atoms with Gasteiger partial charge in [-0.05, 0) is 13.3 Å². The predicted octanol–water partition coefficient (Wildman–Crippen LogP) is 0.0505. The molecule has 1 aliphatic heterocycles. The van der Waals surface area contributed by atoms with Gasteiger partial charge in [0.1, 0.15) is 0 Å². The van der Waals surface area contributed by atoms with Gasteiger partial charge < -0.3 is 15.5 Å². The Bertz CT molecular complexity index is 291. The second-order valence-electron chi connectivity index (χ2n) is 4.83. The minimum absolute atomic E-state index is 0.0829. The first-order chi connectivity index (χ1) is 7.93. The highest BCUT2D eigenvalue weighted by atomic mass is 16.2. The van der Waals surface area contributed by atoms with E-state index in [1.807, 2.05) is 18.7 Å². The Morgan fingerprint density at radius 2 is 1.59 bits per heavy atom. The molecule has 1 rings (SSSR count). The summed E-state index contributed by atoms with van der Waals surface area (Å²) in [6, 6.07) is -0.130. The van der Waals surface area contributed by atoms with Gasteiger partial charge in [-0.2, -0.15) is 0 Å². The minimum Gasteiger partial charge on any atom is -0.341 e. The maximum absolute atomic E-state index is 12.1. The van der Waals surface area contributed by atoms with Gasteiger partial charge in [-0.3, -0.25) is 9.59 Å². The fourth-order valence-electron chi connectivity index (χ4n) is 1.97. The summed E-state index contributed by atoms with van der Waals surface area (Å²) < 4.78 is 0. The van der Waals surface area contributed by atoms with E-state index < -0.39 is 0 Å². The molecule has 0 aromatic carbocycles. The Labute approximate surface area is 103 Å². The first-order valence-electron chi connectivity index (χ1n) is 6.23. The Kier molecular flexibility index (Phi) is 4.93. The molecule has 0 aromatic heterocycles. The summed E-state index contributed by atoms with van der Waals surface area (Å²) in [7, 11) is 0. The van der Waals surface area contributed by atoms with Gasteiger partial charge in [-0.15, -0.1) is 0 Å². The third kappa shape index (κ3) is 3.70. The van der Waals surface area contributed by atoms with E-state index in [1.54, 1.807) is 11.8 Å². The SMILES string of the molecule is CC(=O)N1CCCN(C(=O)C(C)C(C)N)CC1. The van der Waals surface area contributed by atoms with E-state index >= 15 is 0 Å². The van der Waals surface area contributed by atoms with Gasteiger partial charge in [0.05, 0.1) is 5.92 Å². The van der Waals surface area contributed by atoms with E-state index in [-0.39, 0.29) is 23.8 Å². The van der Waals surface area contributed by atoms with E-state index in [4.69, 9.17) is 5.73 Å². The van der Waals surface area contributed by atoms with Crippen molar-refractivity contribution in [1.29, 1.82) is 0 Å². The lowest BCUT2D eigenvalue weighted by Gasteiger charge is -2.26. The monoisotopic (exact) mass is 241 g/mol. The molecular formula is C12H23N3O2. The Hall–Kier alpha value is -1.10. The van der Waals surface area contributed by atoms with Crippen LogP contribution in [0.2, 0.25) is 0 Å². The Morgan fingerprint density at radius 3 is 2.12 bits per heavy atom. The lowest BCUT2D eigenvalue weighted by atomic mass is 10.0. The highest BCUT2D eigenvalue weighted by molar-refractivity contribution is 5.79. The number of rotatable bonds is 2. The molecule has 0 radical (unpaired) electrons. The number of hydrogen-bond acceptors (Lipinski definition) is 3. The van der Waals surface area contributed by atoms with E-state index in [0.717, 1.165) is 19.5 Å². The topological polar surface area (TPSA) is 66.6 Å². The van der Waals surface area contributed by atoms with Crippen LogP contribution in [-0.4, -0.2) is 53.8 Å². The molecule has 0 saturated carbocycles. The molecule has 0 spiro atoms. The van der Waals surface area contributed by atoms with Crippen LogP contribution in [0, 0.1) is 5.92 Å². The molecule has 2 amide bonds. The normalized spacial score (nSPS) is 20.7. The van der Waals surface area contributed by atoms with Crippen molar-refractivity contribution in [1.82, 2.24) is 9.80 Å². The van der Waals surface area contributed by atoms with Gasteiger partial charge in [0.25, 0.3) is 0 Å². The zero-order valence-corrected chi connectivity index (χ0v) is 11.0. The summed E-state index contributed by atoms with van der Waals surface area (Å²) in [6.07, 6.45) is 0.844. The molecule has 1 aliphatic rings. The quantitative estimate of drug-likeness (QED) is 0.743. The largest absolute Gasteiger partial charge is 0.341 e. The van der Waals surface area contributed by atoms with Gasteiger partial charge in [0.15, 0.2) is 0 Å². The first kappa shape index (κ1) is 14.0. The molecule has 0 bridgehead atoms. The molecule has 2 N–H and O–H groups in total. The Balaban J connectivity index is 2.57. The van der Waals surface area contributed by atoms with Crippen molar-refractivity contribution < 1.29 is 9.59 Å². The van der Waals surface area contributed by atoms with Crippen molar-refractivity contribution in [3.05, 3.63) is 0 Å². The van der Waals surface area contributed by atoms with E-state index in [1.165, 1.54) is 0 Å². The molecule has 0 aliphatic carbocycles. The fraction of sp³-hybridized carbons (Fsp3) is 0.833. The lowest BCUT2D eigenvalue weighted by Crippen LogP contribution is -2.43. The smallest absolute Gasteiger partial charge is 0.227 e. The van der Waals surface area contributed by atoms with Crippen LogP contribution in [0.25, 0.3) is 0 Å². The van der Waals surface area contributed by atoms with Crippen molar-refractivity contribution >= 4 is 11.8 Å². The number of carbonyl (C=O) groups is 2. The Morgan fingerprint density at radius 1 is 1.06 bits per heavy atom. The third-order valence-electron chi connectivity index (χ3n) is 3.43. The molecule has 1 saturated heterocycles. The standard InChI is InChI=1S/C12H23N3O2/c1-9(10(2)13)12(17)15-6-4-5-14(7-8-15)11(3)16/h9-10H,4-8,13H2,1-3H3. The van der Waals surface area contributed by atoms with E-state index in [2.05, 4.69) is 0 Å². The molecule has 1 heterocycles. The first-order valence-corrected chi connectivity index (χ1v) is 6.23. The van der Waals surface area contributed by atoms with Crippen LogP contribution < -0.4 is 5.73 Å². The van der Waals surface area contributed by atoms with Crippen molar-refractivity contribution in [3.8, 4) is 0 Å². The van der Waals surface area contributed by atoms with Crippen LogP contribution in [-0.2, 0) is 9.59 Å². The van der Waals surface area contributed by atoms with Crippen molar-refractivity contribution in [2.45, 2.75) is 33.2 Å². The molecule has 17 heavy (non-hydrogen) atoms. The molecule has 5 heteroatoms. The van der Waals surface area contributed by atoms with Gasteiger partial charge >= 0.3 is 0 Å². The summed E-state index contributed by atoms with van der Waals surface area (Å²) in [5.41, 5.74) is 5.75. The van der Waals surface area contributed by atoms with Crippen LogP contribution in [0.15, 0.2) is 0 Å². The summed E-state index contributed by atoms with van der Waals surface area (Å²) in [5, 5.41) is 0. The summed E-state index contributed by atoms with van der Waals surface area (Å²) in [5.74, 6) is 0.0313. The lowest BCUT2D eigenvalue weighted by molar-refractivity contribution is -0.136. The number of nitrogens with two attached hydrogens (primary N) is 1. The second kappa shape index (κ2) is 6.00. The average molecular weight is 241 g/mol. The minimum atomic E-state index is -0.154. The van der Waals surface area contributed by atoms with Gasteiger partial charge in [0.2, 0.25) is 11.8 Å². The molecule has 2 atom stereocenters. The average Bonchev–Trinajstić information content (AvgIpc) is 2.52. The maximum atomic E-state index is 12.1. The van der Waals surface area contributed by atoms with Crippen LogP contribution in [0.1, 0.15) is 27.2 Å². The molecule has 0 aromatic rings. The number of carbonyl (C=O) groups excluding carboxylic acids is 2. The summed E-state index contributed by atoms with van der Waals surface area (Å²) in [4.78, 5) is 27.0. The van der Waals surface area contributed by atoms with Gasteiger partial charge in [0, 0.05) is 39.1 Å². The van der Waals surface area contributed by atoms with Gasteiger partial charge in [-0.1, -0.05) is 6.92 Å². The zero-order valence-electron chi connectivity index (χ0n) is 11.0. The highest BCUT2D eigenvalue weighted by Crippen LogP contribution is 2.10. The third-order valence-corrected chi connectivity index (χ3v) is 3.43. The van der Waals surface area contributed by atoms with Crippen molar-refractivity contribution in [2.75, 3.05) is 26.2 Å². The summed E-state index contributed by atoms with van der Waals surface area (Å²) >= 11 is 0. The van der Waals surface area contributed by atoms with Crippen molar-refractivity contribution in [2.24, 2.45) is 11.7 Å². The zero-order chi connectivity index (χ0) is 13.0. The molecule has 1 fully saturated rings. The fourth-order valence-corrected chi connectivity index (χ4v) is 1.97. The molecular weight excluding hydrogens is 218 g/mol. The molecule has 2 unspecified atom stereocenters. The van der Waals surface area contributed by atoms with Crippen LogP contribution in [0.5, 0.6) is 0 Å². The molecule has 5 nitrogen and oxygen atoms in total. The predicted molar refractivity (Wildman–Crippen MR) is 66.3 cm³/mol. The number of hydrogen-bond donors (Lipinski definition) is 1. The maximum Gasteiger partial charge on any atom is 0.227 e. The van der Waals surface area contributed by atoms with Crippen LogP contribution >= 0.6 is 0 Å². The van der Waals surface area contributed by atoms with Crippen LogP contribution in [0.4, 0.5) is 0 Å². The number of amides is 2. The second-order valence-corrected chi connectivity index (χ2v) is 4.83. The molecule has 98 valence electrons. The van der Waals surface area contributed by atoms with Crippen LogP contribution in [0.3, 0.4) is 0 Å². The van der Waals surface area contributed by atoms with E-state index in [9.17, 15) is 9.59 Å². The highest BCUT2D eigenvalue weighted by Gasteiger charge is 2.25. The van der Waals surface area contributed by atoms with E-state index in [0.29, 0.717) is 13.1 Å². The van der Waals surface area contributed by atoms with Crippen molar-refractivity contribution in [3.63, 3.8) is 0 Å². The number of nitrogens with zero attached hydrogens (tertiary/aromatic N) is 2. The summed E-state index contributed by atoms with van der Waals surface area (Å²) in [6.45, 7) is 8.00.